The minimum Gasteiger partial charge on any atom is -0.393 e. The molecule has 0 aromatic carbocycles. The van der Waals surface area contributed by atoms with E-state index in [9.17, 15) is 20.4 Å². The molecule has 0 saturated heterocycles. The minimum absolute atomic E-state index is 0.0163. The molecular weight excluding hydrogens is 496 g/mol. The Labute approximate surface area is 246 Å². The van der Waals surface area contributed by atoms with Gasteiger partial charge in [-0.1, -0.05) is 61.8 Å². The van der Waals surface area contributed by atoms with E-state index in [1.807, 2.05) is 6.92 Å². The van der Waals surface area contributed by atoms with Gasteiger partial charge in [-0.2, -0.15) is 0 Å². The van der Waals surface area contributed by atoms with Gasteiger partial charge in [-0.05, 0) is 122 Å². The molecule has 0 radical (unpaired) electrons. The Morgan fingerprint density at radius 3 is 2.02 bits per heavy atom. The molecule has 0 spiro atoms. The molecular formula is C36H64O4. The average Bonchev–Trinajstić information content (AvgIpc) is 2.86. The molecule has 0 amide bonds. The summed E-state index contributed by atoms with van der Waals surface area (Å²) in [5.41, 5.74) is -0.465. The Balaban J connectivity index is 1.50. The monoisotopic (exact) mass is 560 g/mol. The van der Waals surface area contributed by atoms with Gasteiger partial charge in [-0.3, -0.25) is 0 Å². The molecule has 12 unspecified atom stereocenters. The van der Waals surface area contributed by atoms with Crippen molar-refractivity contribution in [1.82, 2.24) is 0 Å². The normalized spacial score (nSPS) is 57.6. The first-order valence-electron chi connectivity index (χ1n) is 17.3. The highest BCUT2D eigenvalue weighted by Crippen LogP contribution is 2.73. The van der Waals surface area contributed by atoms with Crippen molar-refractivity contribution in [3.05, 3.63) is 0 Å². The summed E-state index contributed by atoms with van der Waals surface area (Å²) in [6.07, 6.45) is 8.40. The van der Waals surface area contributed by atoms with E-state index in [2.05, 4.69) is 55.4 Å². The topological polar surface area (TPSA) is 80.9 Å². The van der Waals surface area contributed by atoms with Gasteiger partial charge in [0.25, 0.3) is 0 Å². The molecule has 5 aliphatic carbocycles. The Bertz CT molecular complexity index is 895. The van der Waals surface area contributed by atoms with E-state index >= 15 is 0 Å². The van der Waals surface area contributed by atoms with Crippen LogP contribution >= 0.6 is 0 Å². The van der Waals surface area contributed by atoms with Crippen LogP contribution in [0.1, 0.15) is 120 Å². The third-order valence-corrected chi connectivity index (χ3v) is 15.2. The first-order chi connectivity index (χ1) is 18.6. The van der Waals surface area contributed by atoms with Crippen molar-refractivity contribution in [1.29, 1.82) is 0 Å². The second-order valence-corrected chi connectivity index (χ2v) is 17.3. The molecule has 5 saturated carbocycles. The predicted octanol–water partition coefficient (Wildman–Crippen LogP) is 6.93. The molecule has 5 aliphatic rings. The smallest absolute Gasteiger partial charge is 0.0656 e. The van der Waals surface area contributed by atoms with Crippen molar-refractivity contribution in [3.63, 3.8) is 0 Å². The number of aliphatic hydroxyl groups excluding tert-OH is 4. The molecule has 5 rings (SSSR count). The van der Waals surface area contributed by atoms with Gasteiger partial charge in [-0.15, -0.1) is 0 Å². The SMILES string of the molecule is CCC1CC(C2CCC(C(C)C)CC2)C2C[C@@]3(C)C[C@@]4(C)CC(C)C(C(C)O)C(O)[C@@]4(C)C(C)C3C(O)C2C1O. The fourth-order valence-corrected chi connectivity index (χ4v) is 13.1. The largest absolute Gasteiger partial charge is 0.393 e. The quantitative estimate of drug-likeness (QED) is 0.301. The van der Waals surface area contributed by atoms with Crippen LogP contribution in [0, 0.1) is 81.3 Å². The Hall–Kier alpha value is -0.160. The van der Waals surface area contributed by atoms with E-state index in [-0.39, 0.29) is 46.3 Å². The highest BCUT2D eigenvalue weighted by Gasteiger charge is 2.70. The average molecular weight is 561 g/mol. The highest BCUT2D eigenvalue weighted by atomic mass is 16.3. The van der Waals surface area contributed by atoms with Gasteiger partial charge in [-0.25, -0.2) is 0 Å². The lowest BCUT2D eigenvalue weighted by Crippen LogP contribution is -2.71. The van der Waals surface area contributed by atoms with Crippen molar-refractivity contribution >= 4 is 0 Å². The summed E-state index contributed by atoms with van der Waals surface area (Å²) in [5, 5.41) is 47.0. The molecule has 0 heterocycles. The maximum atomic E-state index is 12.5. The Morgan fingerprint density at radius 1 is 0.850 bits per heavy atom. The van der Waals surface area contributed by atoms with Gasteiger partial charge in [0.2, 0.25) is 0 Å². The molecule has 4 heteroatoms. The Morgan fingerprint density at radius 2 is 1.48 bits per heavy atom. The molecule has 15 atom stereocenters. The van der Waals surface area contributed by atoms with Crippen LogP contribution in [0.2, 0.25) is 0 Å². The van der Waals surface area contributed by atoms with Gasteiger partial charge in [0.15, 0.2) is 0 Å². The maximum absolute atomic E-state index is 12.5. The zero-order valence-electron chi connectivity index (χ0n) is 27.3. The maximum Gasteiger partial charge on any atom is 0.0656 e. The molecule has 0 bridgehead atoms. The zero-order chi connectivity index (χ0) is 29.5. The first-order valence-corrected chi connectivity index (χ1v) is 17.3. The fraction of sp³-hybridized carbons (Fsp3) is 1.00. The first kappa shape index (κ1) is 31.3. The zero-order valence-corrected chi connectivity index (χ0v) is 27.3. The third-order valence-electron chi connectivity index (χ3n) is 15.2. The van der Waals surface area contributed by atoms with E-state index in [1.165, 1.54) is 25.7 Å². The minimum atomic E-state index is -0.603. The lowest BCUT2D eigenvalue weighted by molar-refractivity contribution is -0.285. The van der Waals surface area contributed by atoms with Crippen LogP contribution in [-0.4, -0.2) is 44.8 Å². The van der Waals surface area contributed by atoms with Crippen molar-refractivity contribution in [2.45, 2.75) is 145 Å². The van der Waals surface area contributed by atoms with Gasteiger partial charge >= 0.3 is 0 Å². The molecule has 0 aromatic rings. The molecule has 0 aliphatic heterocycles. The number of hydrogen-bond acceptors (Lipinski definition) is 4. The van der Waals surface area contributed by atoms with Gasteiger partial charge < -0.3 is 20.4 Å². The van der Waals surface area contributed by atoms with Crippen LogP contribution in [0.5, 0.6) is 0 Å². The van der Waals surface area contributed by atoms with E-state index in [1.54, 1.807) is 0 Å². The van der Waals surface area contributed by atoms with Crippen molar-refractivity contribution in [2.24, 2.45) is 81.3 Å². The number of rotatable bonds is 4. The summed E-state index contributed by atoms with van der Waals surface area (Å²) >= 11 is 0. The van der Waals surface area contributed by atoms with E-state index in [4.69, 9.17) is 0 Å². The van der Waals surface area contributed by atoms with E-state index in [0.29, 0.717) is 11.8 Å². The van der Waals surface area contributed by atoms with E-state index < -0.39 is 29.8 Å². The van der Waals surface area contributed by atoms with Crippen LogP contribution in [0.3, 0.4) is 0 Å². The number of hydrogen-bond donors (Lipinski definition) is 4. The predicted molar refractivity (Wildman–Crippen MR) is 162 cm³/mol. The van der Waals surface area contributed by atoms with Crippen molar-refractivity contribution < 1.29 is 20.4 Å². The van der Waals surface area contributed by atoms with Crippen LogP contribution in [0.4, 0.5) is 0 Å². The van der Waals surface area contributed by atoms with Crippen molar-refractivity contribution in [2.75, 3.05) is 0 Å². The summed E-state index contributed by atoms with van der Waals surface area (Å²) in [5.74, 6) is 3.79. The van der Waals surface area contributed by atoms with Crippen LogP contribution in [0.25, 0.3) is 0 Å². The molecule has 0 aromatic heterocycles. The third kappa shape index (κ3) is 4.50. The van der Waals surface area contributed by atoms with Crippen LogP contribution < -0.4 is 0 Å². The highest BCUT2D eigenvalue weighted by molar-refractivity contribution is 5.19. The lowest BCUT2D eigenvalue weighted by atomic mass is 9.34. The van der Waals surface area contributed by atoms with Gasteiger partial charge in [0, 0.05) is 17.3 Å². The summed E-state index contributed by atoms with van der Waals surface area (Å²) in [4.78, 5) is 0. The van der Waals surface area contributed by atoms with Crippen molar-refractivity contribution in [3.8, 4) is 0 Å². The fourth-order valence-electron chi connectivity index (χ4n) is 13.1. The summed E-state index contributed by atoms with van der Waals surface area (Å²) in [6.45, 7) is 20.5. The summed E-state index contributed by atoms with van der Waals surface area (Å²) < 4.78 is 0. The molecule has 5 fully saturated rings. The van der Waals surface area contributed by atoms with E-state index in [0.717, 1.165) is 49.9 Å². The summed E-state index contributed by atoms with van der Waals surface area (Å²) in [7, 11) is 0. The second-order valence-electron chi connectivity index (χ2n) is 17.3. The molecule has 4 nitrogen and oxygen atoms in total. The Kier molecular flexibility index (Phi) is 8.42. The van der Waals surface area contributed by atoms with Gasteiger partial charge in [0.1, 0.15) is 0 Å². The molecule has 4 N–H and O–H groups in total. The summed E-state index contributed by atoms with van der Waals surface area (Å²) in [6, 6.07) is 0. The standard InChI is InChI=1S/C36H64O4/c1-10-23-15-26(25-13-11-24(12-14-25)19(2)3)27-17-34(7)18-35(8)16-20(4)28(22(6)37)33(40)36(35,9)21(5)30(34)32(39)29(27)31(23)38/h19-33,37-40H,10-18H2,1-9H3/t20?,21?,22?,23?,24?,25?,26?,27?,28?,29?,30?,31?,32?,33?,34-,35+,36+/m0/s1. The molecule has 232 valence electrons. The second kappa shape index (κ2) is 10.8. The number of fused-ring (bicyclic) bond motifs is 3. The van der Waals surface area contributed by atoms with Crippen LogP contribution in [0.15, 0.2) is 0 Å². The number of aliphatic hydroxyl groups is 4. The molecule has 40 heavy (non-hydrogen) atoms. The van der Waals surface area contributed by atoms with Crippen LogP contribution in [-0.2, 0) is 0 Å². The van der Waals surface area contributed by atoms with Gasteiger partial charge in [0.05, 0.1) is 24.4 Å². The lowest BCUT2D eigenvalue weighted by Gasteiger charge is -2.72.